The quantitative estimate of drug-likeness (QED) is 0.813. The van der Waals surface area contributed by atoms with Gasteiger partial charge in [0.25, 0.3) is 0 Å². The molecule has 0 fully saturated rings. The first-order chi connectivity index (χ1) is 13.6. The molecule has 0 unspecified atom stereocenters. The van der Waals surface area contributed by atoms with Gasteiger partial charge in [0.1, 0.15) is 0 Å². The van der Waals surface area contributed by atoms with Crippen LogP contribution in [-0.2, 0) is 26.0 Å². The maximum absolute atomic E-state index is 12.9. The molecule has 0 radical (unpaired) electrons. The van der Waals surface area contributed by atoms with E-state index in [2.05, 4.69) is 5.32 Å². The van der Waals surface area contributed by atoms with Crippen molar-refractivity contribution in [2.75, 3.05) is 23.8 Å². The summed E-state index contributed by atoms with van der Waals surface area (Å²) in [6, 6.07) is 12.0. The first-order valence-corrected chi connectivity index (χ1v) is 10.8. The van der Waals surface area contributed by atoms with Crippen molar-refractivity contribution in [3.8, 4) is 0 Å². The lowest BCUT2D eigenvalue weighted by Crippen LogP contribution is -2.35. The molecule has 0 aliphatic carbocycles. The van der Waals surface area contributed by atoms with Crippen LogP contribution in [0.5, 0.6) is 0 Å². The molecule has 0 aromatic heterocycles. The van der Waals surface area contributed by atoms with Gasteiger partial charge >= 0.3 is 0 Å². The molecular weight excluding hydrogens is 390 g/mol. The number of benzene rings is 2. The number of likely N-dealkylation sites (N-methyl/N-ethyl adjacent to an activating group) is 1. The Morgan fingerprint density at radius 3 is 2.59 bits per heavy atom. The molecule has 3 rings (SSSR count). The second-order valence-corrected chi connectivity index (χ2v) is 9.46. The summed E-state index contributed by atoms with van der Waals surface area (Å²) in [4.78, 5) is 25.9. The number of hydrogen-bond donors (Lipinski definition) is 1. The van der Waals surface area contributed by atoms with Crippen molar-refractivity contribution in [1.29, 1.82) is 0 Å². The van der Waals surface area contributed by atoms with Crippen molar-refractivity contribution in [3.63, 3.8) is 0 Å². The first kappa shape index (κ1) is 21.0. The molecule has 2 aromatic rings. The van der Waals surface area contributed by atoms with Crippen molar-refractivity contribution in [2.24, 2.45) is 0 Å². The predicted octanol–water partition coefficient (Wildman–Crippen LogP) is 2.55. The van der Waals surface area contributed by atoms with Gasteiger partial charge in [-0.25, -0.2) is 8.42 Å². The normalized spacial score (nSPS) is 16.0. The maximum Gasteiger partial charge on any atom is 0.243 e. The number of carbonyl (C=O) groups is 2. The minimum Gasteiger partial charge on any atom is -0.325 e. The fourth-order valence-electron chi connectivity index (χ4n) is 3.64. The van der Waals surface area contributed by atoms with Gasteiger partial charge in [0.2, 0.25) is 21.8 Å². The molecule has 2 amide bonds. The van der Waals surface area contributed by atoms with E-state index in [1.54, 1.807) is 23.1 Å². The topological polar surface area (TPSA) is 86.8 Å². The fraction of sp³-hybridized carbons (Fsp3) is 0.333. The highest BCUT2D eigenvalue weighted by Crippen LogP contribution is 2.34. The Morgan fingerprint density at radius 2 is 1.93 bits per heavy atom. The monoisotopic (exact) mass is 415 g/mol. The molecule has 154 valence electrons. The van der Waals surface area contributed by atoms with Crippen molar-refractivity contribution in [2.45, 2.75) is 38.1 Å². The zero-order chi connectivity index (χ0) is 21.3. The van der Waals surface area contributed by atoms with Crippen LogP contribution in [0.2, 0.25) is 0 Å². The van der Waals surface area contributed by atoms with Gasteiger partial charge in [0.05, 0.1) is 11.4 Å². The Bertz CT molecular complexity index is 1070. The Labute approximate surface area is 171 Å². The molecule has 1 atom stereocenters. The van der Waals surface area contributed by atoms with E-state index in [9.17, 15) is 18.0 Å². The molecule has 7 nitrogen and oxygen atoms in total. The Hall–Kier alpha value is -2.71. The molecular formula is C21H25N3O4S. The van der Waals surface area contributed by atoms with Crippen LogP contribution in [0.4, 0.5) is 11.4 Å². The second-order valence-electron chi connectivity index (χ2n) is 7.41. The molecule has 1 aliphatic heterocycles. The van der Waals surface area contributed by atoms with Crippen LogP contribution in [0.25, 0.3) is 0 Å². The zero-order valence-corrected chi connectivity index (χ0v) is 17.8. The van der Waals surface area contributed by atoms with E-state index in [0.717, 1.165) is 21.1 Å². The van der Waals surface area contributed by atoms with Gasteiger partial charge in [0, 0.05) is 31.4 Å². The third-order valence-electron chi connectivity index (χ3n) is 4.98. The summed E-state index contributed by atoms with van der Waals surface area (Å²) < 4.78 is 26.9. The molecule has 29 heavy (non-hydrogen) atoms. The summed E-state index contributed by atoms with van der Waals surface area (Å²) in [6.45, 7) is 5.03. The molecule has 0 spiro atoms. The summed E-state index contributed by atoms with van der Waals surface area (Å²) in [5.41, 5.74) is 3.17. The number of fused-ring (bicyclic) bond motifs is 1. The molecule has 2 aromatic carbocycles. The van der Waals surface area contributed by atoms with E-state index < -0.39 is 15.9 Å². The van der Waals surface area contributed by atoms with Crippen LogP contribution in [0.15, 0.2) is 47.4 Å². The van der Waals surface area contributed by atoms with Gasteiger partial charge in [-0.3, -0.25) is 9.59 Å². The number of rotatable bonds is 5. The molecule has 0 bridgehead atoms. The maximum atomic E-state index is 12.9. The van der Waals surface area contributed by atoms with Crippen LogP contribution in [0.1, 0.15) is 25.0 Å². The largest absolute Gasteiger partial charge is 0.325 e. The molecule has 0 saturated carbocycles. The summed E-state index contributed by atoms with van der Waals surface area (Å²) in [6.07, 6.45) is 0.593. The molecule has 1 aliphatic rings. The van der Waals surface area contributed by atoms with E-state index in [0.29, 0.717) is 12.1 Å². The van der Waals surface area contributed by atoms with Crippen LogP contribution in [-0.4, -0.2) is 44.2 Å². The first-order valence-electron chi connectivity index (χ1n) is 9.35. The van der Waals surface area contributed by atoms with Crippen LogP contribution >= 0.6 is 0 Å². The van der Waals surface area contributed by atoms with Crippen molar-refractivity contribution in [1.82, 2.24) is 4.31 Å². The third kappa shape index (κ3) is 4.33. The predicted molar refractivity (Wildman–Crippen MR) is 112 cm³/mol. The number of hydrogen-bond acceptors (Lipinski definition) is 4. The minimum atomic E-state index is -3.84. The number of nitrogens with zero attached hydrogens (tertiary/aromatic N) is 2. The van der Waals surface area contributed by atoms with Gasteiger partial charge in [-0.05, 0) is 61.7 Å². The van der Waals surface area contributed by atoms with E-state index in [1.807, 2.05) is 32.0 Å². The van der Waals surface area contributed by atoms with Crippen molar-refractivity contribution in [3.05, 3.63) is 53.6 Å². The van der Waals surface area contributed by atoms with E-state index in [1.165, 1.54) is 20.0 Å². The summed E-state index contributed by atoms with van der Waals surface area (Å²) >= 11 is 0. The summed E-state index contributed by atoms with van der Waals surface area (Å²) in [7, 11) is -2.46. The minimum absolute atomic E-state index is 0.0155. The number of anilines is 2. The zero-order valence-electron chi connectivity index (χ0n) is 17.0. The van der Waals surface area contributed by atoms with Gasteiger partial charge in [-0.1, -0.05) is 12.1 Å². The lowest BCUT2D eigenvalue weighted by atomic mass is 10.1. The molecule has 1 heterocycles. The van der Waals surface area contributed by atoms with Crippen LogP contribution in [0, 0.1) is 6.92 Å². The van der Waals surface area contributed by atoms with Gasteiger partial charge in [-0.15, -0.1) is 0 Å². The van der Waals surface area contributed by atoms with E-state index in [4.69, 9.17) is 0 Å². The smallest absolute Gasteiger partial charge is 0.243 e. The van der Waals surface area contributed by atoms with Crippen LogP contribution < -0.4 is 10.2 Å². The van der Waals surface area contributed by atoms with Crippen molar-refractivity contribution < 1.29 is 18.0 Å². The highest BCUT2D eigenvalue weighted by atomic mass is 32.2. The third-order valence-corrected chi connectivity index (χ3v) is 6.78. The van der Waals surface area contributed by atoms with Gasteiger partial charge < -0.3 is 10.2 Å². The summed E-state index contributed by atoms with van der Waals surface area (Å²) in [5, 5.41) is 2.71. The average molecular weight is 416 g/mol. The van der Waals surface area contributed by atoms with Crippen molar-refractivity contribution >= 4 is 33.2 Å². The molecule has 8 heteroatoms. The highest BCUT2D eigenvalue weighted by molar-refractivity contribution is 7.89. The number of amides is 2. The molecule has 1 N–H and O–H groups in total. The fourth-order valence-corrected chi connectivity index (χ4v) is 4.82. The van der Waals surface area contributed by atoms with Gasteiger partial charge in [0.15, 0.2) is 0 Å². The molecule has 0 saturated heterocycles. The van der Waals surface area contributed by atoms with E-state index in [-0.39, 0.29) is 23.4 Å². The van der Waals surface area contributed by atoms with Crippen LogP contribution in [0.3, 0.4) is 0 Å². The summed E-state index contributed by atoms with van der Waals surface area (Å²) in [5.74, 6) is -0.490. The number of carbonyl (C=O) groups excluding carboxylic acids is 2. The van der Waals surface area contributed by atoms with Gasteiger partial charge in [-0.2, -0.15) is 4.31 Å². The standard InChI is InChI=1S/C21H25N3O4S/c1-14-6-5-7-18(10-14)22-21(26)13-23(4)29(27,28)19-8-9-20-17(12-19)11-15(2)24(20)16(3)25/h5-10,12,15H,11,13H2,1-4H3,(H,22,26)/t15-/m0/s1. The number of sulfonamides is 1. The number of aryl methyl sites for hydroxylation is 1. The SMILES string of the molecule is CC(=O)N1c2ccc(S(=O)(=O)N(C)CC(=O)Nc3cccc(C)c3)cc2C[C@@H]1C. The lowest BCUT2D eigenvalue weighted by Gasteiger charge is -2.21. The average Bonchev–Trinajstić information content (AvgIpc) is 2.96. The lowest BCUT2D eigenvalue weighted by molar-refractivity contribution is -0.117. The second kappa shape index (κ2) is 7.96. The van der Waals surface area contributed by atoms with E-state index >= 15 is 0 Å². The highest BCUT2D eigenvalue weighted by Gasteiger charge is 2.31. The Balaban J connectivity index is 1.76. The Kier molecular flexibility index (Phi) is 5.77. The number of nitrogens with one attached hydrogen (secondary N) is 1. The Morgan fingerprint density at radius 1 is 1.21 bits per heavy atom.